The highest BCUT2D eigenvalue weighted by Crippen LogP contribution is 2.48. The van der Waals surface area contributed by atoms with Gasteiger partial charge in [-0.3, -0.25) is 24.7 Å². The minimum atomic E-state index is -0.792. The van der Waals surface area contributed by atoms with E-state index in [9.17, 15) is 19.7 Å². The zero-order chi connectivity index (χ0) is 27.1. The first-order valence-corrected chi connectivity index (χ1v) is 13.5. The second-order valence-corrected chi connectivity index (χ2v) is 11.1. The zero-order valence-corrected chi connectivity index (χ0v) is 22.5. The molecule has 0 amide bonds. The number of aryl methyl sites for hydroxylation is 3. The van der Waals surface area contributed by atoms with Crippen LogP contribution in [0.25, 0.3) is 0 Å². The van der Waals surface area contributed by atoms with Gasteiger partial charge in [0.25, 0.3) is 5.69 Å². The first-order valence-electron chi connectivity index (χ1n) is 13.5. The molecular weight excluding hydrogens is 480 g/mol. The lowest BCUT2D eigenvalue weighted by Gasteiger charge is -2.37. The van der Waals surface area contributed by atoms with Crippen LogP contribution < -0.4 is 0 Å². The van der Waals surface area contributed by atoms with Crippen LogP contribution in [-0.2, 0) is 14.3 Å². The lowest BCUT2D eigenvalue weighted by atomic mass is 9.68. The van der Waals surface area contributed by atoms with Crippen molar-refractivity contribution in [2.45, 2.75) is 84.2 Å². The van der Waals surface area contributed by atoms with Gasteiger partial charge < -0.3 is 4.74 Å². The van der Waals surface area contributed by atoms with E-state index in [1.807, 2.05) is 6.92 Å². The maximum absolute atomic E-state index is 13.9. The minimum absolute atomic E-state index is 0.00819. The predicted molar refractivity (Wildman–Crippen MR) is 145 cm³/mol. The summed E-state index contributed by atoms with van der Waals surface area (Å²) in [7, 11) is 0. The van der Waals surface area contributed by atoms with E-state index in [2.05, 4.69) is 32.9 Å². The monoisotopic (exact) mass is 514 g/mol. The number of hydrogen-bond acceptors (Lipinski definition) is 6. The quantitative estimate of drug-likeness (QED) is 0.255. The number of non-ortho nitro benzene ring substituents is 1. The minimum Gasteiger partial charge on any atom is -0.462 e. The fourth-order valence-corrected chi connectivity index (χ4v) is 6.84. The van der Waals surface area contributed by atoms with Crippen LogP contribution in [0.5, 0.6) is 0 Å². The molecule has 0 spiro atoms. The number of allylic oxidation sites excluding steroid dienone is 2. The summed E-state index contributed by atoms with van der Waals surface area (Å²) in [5.74, 6) is -1.92. The Balaban J connectivity index is 1.59. The van der Waals surface area contributed by atoms with Crippen molar-refractivity contribution in [3.8, 4) is 0 Å². The van der Waals surface area contributed by atoms with Gasteiger partial charge in [-0.05, 0) is 88.0 Å². The third kappa shape index (κ3) is 4.82. The number of carbonyl (C=O) groups excluding carboxylic acids is 2. The molecule has 7 nitrogen and oxygen atoms in total. The Kier molecular flexibility index (Phi) is 7.03. The average molecular weight is 515 g/mol. The van der Waals surface area contributed by atoms with Gasteiger partial charge in [-0.25, -0.2) is 0 Å². The van der Waals surface area contributed by atoms with Crippen molar-refractivity contribution in [3.63, 3.8) is 0 Å². The van der Waals surface area contributed by atoms with Gasteiger partial charge in [0.2, 0.25) is 0 Å². The molecule has 0 N–H and O–H groups in total. The van der Waals surface area contributed by atoms with Gasteiger partial charge in [-0.2, -0.15) is 0 Å². The number of esters is 1. The van der Waals surface area contributed by atoms with E-state index in [0.29, 0.717) is 35.4 Å². The summed E-state index contributed by atoms with van der Waals surface area (Å²) in [5, 5.41) is 11.6. The highest BCUT2D eigenvalue weighted by atomic mass is 16.6. The SMILES string of the molecule is CC1=NC2=C(C(=O)CC(c3c(C)cc(C)cc3C)C2)C(c2cccc([N+](=O)[O-])c2)C1C(=O)OC1CCCC1. The molecule has 2 aliphatic carbocycles. The standard InChI is InChI=1S/C31H34N2O5/c1-17-12-18(2)27(19(3)13-17)22-15-25-30(26(34)16-22)29(21-8-7-9-23(14-21)33(36)37)28(20(4)32-25)31(35)38-24-10-5-6-11-24/h7-9,12-14,22,24,28-29H,5-6,10-11,15-16H2,1-4H3. The molecule has 2 aromatic rings. The molecule has 7 heteroatoms. The molecule has 5 rings (SSSR count). The van der Waals surface area contributed by atoms with Crippen LogP contribution in [0, 0.1) is 36.8 Å². The van der Waals surface area contributed by atoms with E-state index in [1.165, 1.54) is 23.3 Å². The Hall–Kier alpha value is -3.61. The largest absolute Gasteiger partial charge is 0.462 e. The van der Waals surface area contributed by atoms with Crippen molar-refractivity contribution in [1.29, 1.82) is 0 Å². The first-order chi connectivity index (χ1) is 18.1. The molecule has 0 bridgehead atoms. The molecule has 1 heterocycles. The van der Waals surface area contributed by atoms with E-state index in [4.69, 9.17) is 9.73 Å². The summed E-state index contributed by atoms with van der Waals surface area (Å²) < 4.78 is 5.91. The van der Waals surface area contributed by atoms with E-state index in [-0.39, 0.29) is 23.5 Å². The van der Waals surface area contributed by atoms with Gasteiger partial charge in [-0.15, -0.1) is 0 Å². The van der Waals surface area contributed by atoms with Crippen molar-refractivity contribution in [2.24, 2.45) is 10.9 Å². The first kappa shape index (κ1) is 26.0. The van der Waals surface area contributed by atoms with Crippen molar-refractivity contribution in [2.75, 3.05) is 0 Å². The molecular formula is C31H34N2O5. The topological polar surface area (TPSA) is 98.9 Å². The second kappa shape index (κ2) is 10.3. The lowest BCUT2D eigenvalue weighted by Crippen LogP contribution is -2.39. The second-order valence-electron chi connectivity index (χ2n) is 11.1. The highest BCUT2D eigenvalue weighted by molar-refractivity contribution is 6.09. The molecule has 3 atom stereocenters. The van der Waals surface area contributed by atoms with Gasteiger partial charge in [-0.1, -0.05) is 29.8 Å². The molecule has 3 unspecified atom stereocenters. The van der Waals surface area contributed by atoms with Crippen molar-refractivity contribution >= 4 is 23.2 Å². The third-order valence-electron chi connectivity index (χ3n) is 8.31. The van der Waals surface area contributed by atoms with Crippen LogP contribution in [0.4, 0.5) is 5.69 Å². The summed E-state index contributed by atoms with van der Waals surface area (Å²) in [6, 6.07) is 10.6. The molecule has 0 aromatic heterocycles. The van der Waals surface area contributed by atoms with Crippen LogP contribution in [0.3, 0.4) is 0 Å². The lowest BCUT2D eigenvalue weighted by molar-refractivity contribution is -0.384. The van der Waals surface area contributed by atoms with Gasteiger partial charge in [0.05, 0.1) is 4.92 Å². The number of ketones is 1. The average Bonchev–Trinajstić information content (AvgIpc) is 3.35. The highest BCUT2D eigenvalue weighted by Gasteiger charge is 2.46. The summed E-state index contributed by atoms with van der Waals surface area (Å²) in [5.41, 5.74) is 6.97. The van der Waals surface area contributed by atoms with Crippen molar-refractivity contribution in [1.82, 2.24) is 0 Å². The third-order valence-corrected chi connectivity index (χ3v) is 8.31. The molecule has 2 aromatic carbocycles. The number of aliphatic imine (C=N–C) groups is 1. The number of nitro benzene ring substituents is 1. The summed E-state index contributed by atoms with van der Waals surface area (Å²) in [6.07, 6.45) is 4.48. The smallest absolute Gasteiger partial charge is 0.315 e. The molecule has 0 radical (unpaired) electrons. The molecule has 1 saturated carbocycles. The Morgan fingerprint density at radius 1 is 1.03 bits per heavy atom. The molecule has 38 heavy (non-hydrogen) atoms. The predicted octanol–water partition coefficient (Wildman–Crippen LogP) is 6.58. The Labute approximate surface area is 223 Å². The number of Topliss-reactive ketones (excluding diaryl/α,β-unsaturated/α-hetero) is 1. The summed E-state index contributed by atoms with van der Waals surface area (Å²) in [6.45, 7) is 8.05. The molecule has 198 valence electrons. The normalized spacial score (nSPS) is 23.7. The van der Waals surface area contributed by atoms with Crippen molar-refractivity contribution < 1.29 is 19.2 Å². The van der Waals surface area contributed by atoms with Gasteiger partial charge in [0.15, 0.2) is 5.78 Å². The molecule has 1 fully saturated rings. The van der Waals surface area contributed by atoms with E-state index >= 15 is 0 Å². The molecule has 3 aliphatic rings. The number of benzene rings is 2. The Bertz CT molecular complexity index is 1360. The fraction of sp³-hybridized carbons (Fsp3) is 0.452. The van der Waals surface area contributed by atoms with Gasteiger partial charge in [0, 0.05) is 41.5 Å². The number of hydrogen-bond donors (Lipinski definition) is 0. The fourth-order valence-electron chi connectivity index (χ4n) is 6.84. The number of carbonyl (C=O) groups is 2. The van der Waals surface area contributed by atoms with Crippen LogP contribution in [0.2, 0.25) is 0 Å². The number of nitrogens with zero attached hydrogens (tertiary/aromatic N) is 2. The van der Waals surface area contributed by atoms with E-state index in [1.54, 1.807) is 12.1 Å². The van der Waals surface area contributed by atoms with Gasteiger partial charge >= 0.3 is 5.97 Å². The summed E-state index contributed by atoms with van der Waals surface area (Å²) >= 11 is 0. The number of nitro groups is 1. The summed E-state index contributed by atoms with van der Waals surface area (Å²) in [4.78, 5) is 43.5. The zero-order valence-electron chi connectivity index (χ0n) is 22.5. The van der Waals surface area contributed by atoms with E-state index < -0.39 is 22.7 Å². The van der Waals surface area contributed by atoms with Crippen LogP contribution in [0.1, 0.15) is 85.1 Å². The Morgan fingerprint density at radius 2 is 1.71 bits per heavy atom. The van der Waals surface area contributed by atoms with E-state index in [0.717, 1.165) is 36.8 Å². The van der Waals surface area contributed by atoms with Crippen LogP contribution in [-0.4, -0.2) is 28.5 Å². The number of ether oxygens (including phenoxy) is 1. The Morgan fingerprint density at radius 3 is 2.37 bits per heavy atom. The van der Waals surface area contributed by atoms with Crippen LogP contribution in [0.15, 0.2) is 52.7 Å². The maximum Gasteiger partial charge on any atom is 0.315 e. The van der Waals surface area contributed by atoms with Crippen LogP contribution >= 0.6 is 0 Å². The molecule has 0 saturated heterocycles. The van der Waals surface area contributed by atoms with Gasteiger partial charge in [0.1, 0.15) is 12.0 Å². The maximum atomic E-state index is 13.9. The molecule has 1 aliphatic heterocycles. The van der Waals surface area contributed by atoms with Crippen molar-refractivity contribution in [3.05, 3.63) is 85.6 Å². The number of rotatable bonds is 5.